The Labute approximate surface area is 131 Å². The third kappa shape index (κ3) is 4.09. The van der Waals surface area contributed by atoms with Gasteiger partial charge in [0.15, 0.2) is 0 Å². The molecule has 0 saturated carbocycles. The third-order valence-electron chi connectivity index (χ3n) is 3.33. The number of carboxylic acid groups (broad SMARTS) is 1. The Bertz CT molecular complexity index is 701. The lowest BCUT2D eigenvalue weighted by atomic mass is 10.0. The van der Waals surface area contributed by atoms with Crippen LogP contribution in [0.25, 0.3) is 0 Å². The molecule has 2 aromatic rings. The van der Waals surface area contributed by atoms with Gasteiger partial charge in [0.05, 0.1) is 0 Å². The van der Waals surface area contributed by atoms with Crippen molar-refractivity contribution in [1.29, 1.82) is 0 Å². The van der Waals surface area contributed by atoms with E-state index in [1.54, 1.807) is 19.1 Å². The summed E-state index contributed by atoms with van der Waals surface area (Å²) in [5.74, 6) is -1.64. The second-order valence-corrected chi connectivity index (χ2v) is 5.09. The molecular formula is C14H16FN5O3. The minimum atomic E-state index is -1.15. The summed E-state index contributed by atoms with van der Waals surface area (Å²) >= 11 is 0. The van der Waals surface area contributed by atoms with Crippen molar-refractivity contribution >= 4 is 11.9 Å². The van der Waals surface area contributed by atoms with Crippen LogP contribution in [0.15, 0.2) is 24.3 Å². The van der Waals surface area contributed by atoms with Crippen LogP contribution in [-0.2, 0) is 16.0 Å². The van der Waals surface area contributed by atoms with E-state index >= 15 is 0 Å². The van der Waals surface area contributed by atoms with E-state index in [1.807, 2.05) is 0 Å². The van der Waals surface area contributed by atoms with Crippen molar-refractivity contribution in [2.24, 2.45) is 0 Å². The molecular weight excluding hydrogens is 305 g/mol. The number of carboxylic acids is 1. The molecule has 1 amide bonds. The summed E-state index contributed by atoms with van der Waals surface area (Å²) in [6.45, 7) is 2.99. The van der Waals surface area contributed by atoms with E-state index < -0.39 is 24.0 Å². The summed E-state index contributed by atoms with van der Waals surface area (Å²) in [5, 5.41) is 22.3. The van der Waals surface area contributed by atoms with Crippen molar-refractivity contribution in [3.8, 4) is 0 Å². The van der Waals surface area contributed by atoms with Crippen molar-refractivity contribution in [3.63, 3.8) is 0 Å². The van der Waals surface area contributed by atoms with Crippen LogP contribution in [0, 0.1) is 12.7 Å². The second kappa shape index (κ2) is 6.95. The Balaban J connectivity index is 2.25. The first-order chi connectivity index (χ1) is 10.9. The van der Waals surface area contributed by atoms with Crippen molar-refractivity contribution in [1.82, 2.24) is 25.5 Å². The summed E-state index contributed by atoms with van der Waals surface area (Å²) in [5.41, 5.74) is 0.699. The molecule has 0 aliphatic carbocycles. The quantitative estimate of drug-likeness (QED) is 0.801. The first kappa shape index (κ1) is 16.5. The fraction of sp³-hybridized carbons (Fsp3) is 0.357. The van der Waals surface area contributed by atoms with Crippen molar-refractivity contribution < 1.29 is 19.1 Å². The van der Waals surface area contributed by atoms with E-state index in [0.717, 1.165) is 0 Å². The number of nitrogens with one attached hydrogen (secondary N) is 1. The van der Waals surface area contributed by atoms with Gasteiger partial charge in [-0.3, -0.25) is 9.59 Å². The molecule has 2 rings (SSSR count). The van der Waals surface area contributed by atoms with Gasteiger partial charge in [0, 0.05) is 6.42 Å². The zero-order chi connectivity index (χ0) is 17.0. The molecule has 0 aliphatic rings. The molecule has 0 saturated heterocycles. The van der Waals surface area contributed by atoms with Crippen LogP contribution in [0.1, 0.15) is 24.4 Å². The Morgan fingerprint density at radius 2 is 2.00 bits per heavy atom. The van der Waals surface area contributed by atoms with E-state index in [1.165, 1.54) is 23.7 Å². The number of benzene rings is 1. The Morgan fingerprint density at radius 3 is 2.52 bits per heavy atom. The number of aromatic nitrogens is 4. The highest BCUT2D eigenvalue weighted by Gasteiger charge is 2.26. The number of aliphatic carboxylic acids is 1. The molecule has 1 unspecified atom stereocenters. The number of tetrazole rings is 1. The van der Waals surface area contributed by atoms with Crippen LogP contribution < -0.4 is 5.32 Å². The van der Waals surface area contributed by atoms with Crippen LogP contribution in [0.2, 0.25) is 0 Å². The number of hydrogen-bond donors (Lipinski definition) is 2. The molecule has 1 aromatic heterocycles. The number of amides is 1. The van der Waals surface area contributed by atoms with Gasteiger partial charge < -0.3 is 10.4 Å². The monoisotopic (exact) mass is 321 g/mol. The van der Waals surface area contributed by atoms with Gasteiger partial charge in [-0.15, -0.1) is 5.10 Å². The lowest BCUT2D eigenvalue weighted by Crippen LogP contribution is -2.43. The minimum absolute atomic E-state index is 0.199. The van der Waals surface area contributed by atoms with Gasteiger partial charge in [-0.1, -0.05) is 12.1 Å². The van der Waals surface area contributed by atoms with E-state index in [9.17, 15) is 14.0 Å². The molecule has 0 aliphatic heterocycles. The molecule has 1 heterocycles. The second-order valence-electron chi connectivity index (χ2n) is 5.09. The Hall–Kier alpha value is -2.84. The van der Waals surface area contributed by atoms with Gasteiger partial charge in [-0.2, -0.15) is 0 Å². The molecule has 9 heteroatoms. The van der Waals surface area contributed by atoms with Gasteiger partial charge in [0.25, 0.3) is 0 Å². The maximum Gasteiger partial charge on any atom is 0.325 e. The predicted molar refractivity (Wildman–Crippen MR) is 76.9 cm³/mol. The first-order valence-electron chi connectivity index (χ1n) is 6.90. The van der Waals surface area contributed by atoms with Gasteiger partial charge in [0.2, 0.25) is 5.91 Å². The van der Waals surface area contributed by atoms with Gasteiger partial charge in [-0.05, 0) is 42.0 Å². The van der Waals surface area contributed by atoms with Crippen LogP contribution in [-0.4, -0.2) is 43.2 Å². The summed E-state index contributed by atoms with van der Waals surface area (Å²) in [6, 6.07) is 3.80. The smallest absolute Gasteiger partial charge is 0.325 e. The largest absolute Gasteiger partial charge is 0.480 e. The van der Waals surface area contributed by atoms with Crippen molar-refractivity contribution in [3.05, 3.63) is 41.5 Å². The zero-order valence-electron chi connectivity index (χ0n) is 12.6. The number of carbonyl (C=O) groups excluding carboxylic acids is 1. The van der Waals surface area contributed by atoms with Gasteiger partial charge >= 0.3 is 5.97 Å². The average Bonchev–Trinajstić information content (AvgIpc) is 2.92. The highest BCUT2D eigenvalue weighted by atomic mass is 19.1. The molecule has 2 atom stereocenters. The highest BCUT2D eigenvalue weighted by molar-refractivity contribution is 5.85. The van der Waals surface area contributed by atoms with Crippen LogP contribution in [0.5, 0.6) is 0 Å². The molecule has 23 heavy (non-hydrogen) atoms. The molecule has 1 aromatic carbocycles. The molecule has 2 N–H and O–H groups in total. The number of aryl methyl sites for hydroxylation is 1. The Kier molecular flexibility index (Phi) is 4.99. The summed E-state index contributed by atoms with van der Waals surface area (Å²) in [7, 11) is 0. The average molecular weight is 321 g/mol. The summed E-state index contributed by atoms with van der Waals surface area (Å²) in [4.78, 5) is 23.3. The fourth-order valence-electron chi connectivity index (χ4n) is 2.03. The number of rotatable bonds is 6. The van der Waals surface area contributed by atoms with Gasteiger partial charge in [-0.25, -0.2) is 9.07 Å². The standard InChI is InChI=1S/C14H16FN5O3/c1-8(14(22)23)16-13(21)12(20-9(2)17-18-19-20)7-10-3-5-11(15)6-4-10/h3-6,8,12H,7H2,1-2H3,(H,16,21)(H,22,23)/t8-,12?/m0/s1. The van der Waals surface area contributed by atoms with Crippen LogP contribution in [0.4, 0.5) is 4.39 Å². The number of hydrogen-bond acceptors (Lipinski definition) is 5. The molecule has 0 radical (unpaired) electrons. The maximum absolute atomic E-state index is 13.0. The van der Waals surface area contributed by atoms with Crippen molar-refractivity contribution in [2.45, 2.75) is 32.4 Å². The summed E-state index contributed by atoms with van der Waals surface area (Å²) < 4.78 is 14.3. The number of halogens is 1. The minimum Gasteiger partial charge on any atom is -0.480 e. The zero-order valence-corrected chi connectivity index (χ0v) is 12.6. The predicted octanol–water partition coefficient (Wildman–Crippen LogP) is 0.494. The molecule has 0 bridgehead atoms. The maximum atomic E-state index is 13.0. The fourth-order valence-corrected chi connectivity index (χ4v) is 2.03. The van der Waals surface area contributed by atoms with Gasteiger partial charge in [0.1, 0.15) is 23.7 Å². The molecule has 0 fully saturated rings. The Morgan fingerprint density at radius 1 is 1.35 bits per heavy atom. The number of nitrogens with zero attached hydrogens (tertiary/aromatic N) is 4. The lowest BCUT2D eigenvalue weighted by molar-refractivity contribution is -0.141. The molecule has 8 nitrogen and oxygen atoms in total. The highest BCUT2D eigenvalue weighted by Crippen LogP contribution is 2.16. The molecule has 0 spiro atoms. The molecule has 122 valence electrons. The number of carbonyl (C=O) groups is 2. The van der Waals surface area contributed by atoms with Crippen LogP contribution in [0.3, 0.4) is 0 Å². The van der Waals surface area contributed by atoms with Crippen molar-refractivity contribution in [2.75, 3.05) is 0 Å². The van der Waals surface area contributed by atoms with E-state index in [0.29, 0.717) is 11.4 Å². The summed E-state index contributed by atoms with van der Waals surface area (Å²) in [6.07, 6.45) is 0.199. The van der Waals surface area contributed by atoms with E-state index in [4.69, 9.17) is 5.11 Å². The normalized spacial score (nSPS) is 13.3. The lowest BCUT2D eigenvalue weighted by Gasteiger charge is -2.19. The topological polar surface area (TPSA) is 110 Å². The van der Waals surface area contributed by atoms with E-state index in [2.05, 4.69) is 20.8 Å². The van der Waals surface area contributed by atoms with E-state index in [-0.39, 0.29) is 12.2 Å². The SMILES string of the molecule is Cc1nnnn1C(Cc1ccc(F)cc1)C(=O)N[C@@H](C)C(=O)O. The first-order valence-corrected chi connectivity index (χ1v) is 6.90. The van der Waals surface area contributed by atoms with Crippen LogP contribution >= 0.6 is 0 Å². The third-order valence-corrected chi connectivity index (χ3v) is 3.33.